The van der Waals surface area contributed by atoms with E-state index in [9.17, 15) is 4.39 Å². The minimum Gasteiger partial charge on any atom is -0.316 e. The first-order valence-corrected chi connectivity index (χ1v) is 7.21. The molecule has 0 fully saturated rings. The molecule has 0 heterocycles. The van der Waals surface area contributed by atoms with Gasteiger partial charge >= 0.3 is 0 Å². The molecule has 102 valence electrons. The van der Waals surface area contributed by atoms with Crippen molar-refractivity contribution in [2.45, 2.75) is 46.0 Å². The summed E-state index contributed by atoms with van der Waals surface area (Å²) in [6.07, 6.45) is 5.86. The van der Waals surface area contributed by atoms with E-state index >= 15 is 0 Å². The van der Waals surface area contributed by atoms with Crippen LogP contribution in [0.15, 0.2) is 24.3 Å². The Hall–Kier alpha value is -0.890. The molecule has 0 bridgehead atoms. The normalized spacial score (nSPS) is 12.6. The van der Waals surface area contributed by atoms with Gasteiger partial charge < -0.3 is 5.32 Å². The molecule has 0 amide bonds. The van der Waals surface area contributed by atoms with Crippen molar-refractivity contribution in [3.05, 3.63) is 35.6 Å². The zero-order valence-corrected chi connectivity index (χ0v) is 11.7. The van der Waals surface area contributed by atoms with Gasteiger partial charge in [-0.05, 0) is 56.0 Å². The van der Waals surface area contributed by atoms with Crippen LogP contribution in [-0.4, -0.2) is 13.1 Å². The van der Waals surface area contributed by atoms with Crippen molar-refractivity contribution in [1.29, 1.82) is 0 Å². The summed E-state index contributed by atoms with van der Waals surface area (Å²) in [7, 11) is 0. The van der Waals surface area contributed by atoms with E-state index < -0.39 is 0 Å². The van der Waals surface area contributed by atoms with Gasteiger partial charge in [-0.1, -0.05) is 38.8 Å². The van der Waals surface area contributed by atoms with Gasteiger partial charge in [-0.15, -0.1) is 0 Å². The van der Waals surface area contributed by atoms with Crippen molar-refractivity contribution in [2.24, 2.45) is 5.92 Å². The van der Waals surface area contributed by atoms with Crippen LogP contribution in [0.3, 0.4) is 0 Å². The molecule has 0 saturated carbocycles. The van der Waals surface area contributed by atoms with Gasteiger partial charge in [0, 0.05) is 0 Å². The molecule has 1 nitrogen and oxygen atoms in total. The average molecular weight is 251 g/mol. The Morgan fingerprint density at radius 1 is 1.22 bits per heavy atom. The number of halogens is 1. The largest absolute Gasteiger partial charge is 0.316 e. The van der Waals surface area contributed by atoms with Crippen LogP contribution < -0.4 is 5.32 Å². The van der Waals surface area contributed by atoms with Crippen LogP contribution in [0, 0.1) is 11.7 Å². The fourth-order valence-electron chi connectivity index (χ4n) is 2.25. The fraction of sp³-hybridized carbons (Fsp3) is 0.625. The van der Waals surface area contributed by atoms with Crippen LogP contribution in [-0.2, 0) is 6.42 Å². The summed E-state index contributed by atoms with van der Waals surface area (Å²) in [6, 6.07) is 7.02. The van der Waals surface area contributed by atoms with Crippen LogP contribution in [0.2, 0.25) is 0 Å². The fourth-order valence-corrected chi connectivity index (χ4v) is 2.25. The highest BCUT2D eigenvalue weighted by molar-refractivity contribution is 5.16. The first-order valence-electron chi connectivity index (χ1n) is 7.21. The lowest BCUT2D eigenvalue weighted by Gasteiger charge is -2.17. The molecule has 0 aliphatic heterocycles. The minimum atomic E-state index is -0.122. The molecule has 0 radical (unpaired) electrons. The monoisotopic (exact) mass is 251 g/mol. The predicted molar refractivity (Wildman–Crippen MR) is 76.3 cm³/mol. The average Bonchev–Trinajstić information content (AvgIpc) is 2.36. The number of rotatable bonds is 9. The third kappa shape index (κ3) is 6.15. The third-order valence-electron chi connectivity index (χ3n) is 3.24. The highest BCUT2D eigenvalue weighted by atomic mass is 19.1. The lowest BCUT2D eigenvalue weighted by molar-refractivity contribution is 0.428. The van der Waals surface area contributed by atoms with Crippen molar-refractivity contribution in [3.8, 4) is 0 Å². The van der Waals surface area contributed by atoms with Gasteiger partial charge in [0.2, 0.25) is 0 Å². The van der Waals surface area contributed by atoms with E-state index in [0.717, 1.165) is 25.1 Å². The molecule has 0 saturated heterocycles. The first-order chi connectivity index (χ1) is 8.76. The van der Waals surface area contributed by atoms with Crippen LogP contribution in [0.25, 0.3) is 0 Å². The van der Waals surface area contributed by atoms with Gasteiger partial charge in [-0.3, -0.25) is 0 Å². The lowest BCUT2D eigenvalue weighted by Crippen LogP contribution is -2.25. The lowest BCUT2D eigenvalue weighted by atomic mass is 9.94. The molecular weight excluding hydrogens is 225 g/mol. The molecule has 18 heavy (non-hydrogen) atoms. The van der Waals surface area contributed by atoms with E-state index in [0.29, 0.717) is 5.92 Å². The Morgan fingerprint density at radius 2 is 2.06 bits per heavy atom. The SMILES string of the molecule is CCCCC(CNCCC)Cc1cccc(F)c1. The quantitative estimate of drug-likeness (QED) is 0.649. The van der Waals surface area contributed by atoms with E-state index in [1.807, 2.05) is 6.07 Å². The standard InChI is InChI=1S/C16H26FN/c1-3-5-7-15(13-18-10-4-2)11-14-8-6-9-16(17)12-14/h6,8-9,12,15,18H,3-5,7,10-11,13H2,1-2H3. The van der Waals surface area contributed by atoms with E-state index in [4.69, 9.17) is 0 Å². The second kappa shape index (κ2) is 9.09. The zero-order valence-electron chi connectivity index (χ0n) is 11.7. The predicted octanol–water partition coefficient (Wildman–Crippen LogP) is 4.17. The molecule has 0 spiro atoms. The molecule has 1 N–H and O–H groups in total. The van der Waals surface area contributed by atoms with Gasteiger partial charge in [0.15, 0.2) is 0 Å². The Balaban J connectivity index is 2.48. The van der Waals surface area contributed by atoms with Crippen LogP contribution in [0.5, 0.6) is 0 Å². The van der Waals surface area contributed by atoms with Gasteiger partial charge in [0.1, 0.15) is 5.82 Å². The molecular formula is C16H26FN. The maximum atomic E-state index is 13.2. The Labute approximate surface area is 111 Å². The summed E-state index contributed by atoms with van der Waals surface area (Å²) >= 11 is 0. The Kier molecular flexibility index (Phi) is 7.66. The molecule has 1 atom stereocenters. The van der Waals surface area contributed by atoms with Crippen molar-refractivity contribution in [1.82, 2.24) is 5.32 Å². The van der Waals surface area contributed by atoms with Crippen molar-refractivity contribution >= 4 is 0 Å². The van der Waals surface area contributed by atoms with E-state index in [1.165, 1.54) is 31.7 Å². The third-order valence-corrected chi connectivity index (χ3v) is 3.24. The second-order valence-corrected chi connectivity index (χ2v) is 5.05. The first kappa shape index (κ1) is 15.2. The Bertz CT molecular complexity index is 325. The van der Waals surface area contributed by atoms with E-state index in [2.05, 4.69) is 19.2 Å². The summed E-state index contributed by atoms with van der Waals surface area (Å²) in [5, 5.41) is 3.49. The van der Waals surface area contributed by atoms with Crippen LogP contribution in [0.1, 0.15) is 45.1 Å². The van der Waals surface area contributed by atoms with Gasteiger partial charge in [0.05, 0.1) is 0 Å². The summed E-state index contributed by atoms with van der Waals surface area (Å²) < 4.78 is 13.2. The molecule has 1 aromatic rings. The molecule has 0 aliphatic carbocycles. The summed E-state index contributed by atoms with van der Waals surface area (Å²) in [5.74, 6) is 0.501. The van der Waals surface area contributed by atoms with Crippen molar-refractivity contribution in [3.63, 3.8) is 0 Å². The van der Waals surface area contributed by atoms with E-state index in [-0.39, 0.29) is 5.82 Å². The maximum absolute atomic E-state index is 13.2. The minimum absolute atomic E-state index is 0.122. The topological polar surface area (TPSA) is 12.0 Å². The summed E-state index contributed by atoms with van der Waals surface area (Å²) in [5.41, 5.74) is 1.12. The highest BCUT2D eigenvalue weighted by Gasteiger charge is 2.09. The molecule has 2 heteroatoms. The van der Waals surface area contributed by atoms with Gasteiger partial charge in [0.25, 0.3) is 0 Å². The van der Waals surface area contributed by atoms with Gasteiger partial charge in [-0.25, -0.2) is 4.39 Å². The highest BCUT2D eigenvalue weighted by Crippen LogP contribution is 2.15. The van der Waals surface area contributed by atoms with Crippen molar-refractivity contribution in [2.75, 3.05) is 13.1 Å². The summed E-state index contributed by atoms with van der Waals surface area (Å²) in [6.45, 7) is 6.52. The molecule has 1 rings (SSSR count). The number of benzene rings is 1. The molecule has 1 unspecified atom stereocenters. The van der Waals surface area contributed by atoms with Crippen LogP contribution in [0.4, 0.5) is 4.39 Å². The molecule has 1 aromatic carbocycles. The smallest absolute Gasteiger partial charge is 0.123 e. The van der Waals surface area contributed by atoms with Crippen molar-refractivity contribution < 1.29 is 4.39 Å². The number of hydrogen-bond acceptors (Lipinski definition) is 1. The molecule has 0 aromatic heterocycles. The molecule has 0 aliphatic rings. The summed E-state index contributed by atoms with van der Waals surface area (Å²) in [4.78, 5) is 0. The van der Waals surface area contributed by atoms with E-state index in [1.54, 1.807) is 12.1 Å². The Morgan fingerprint density at radius 3 is 2.72 bits per heavy atom. The van der Waals surface area contributed by atoms with Gasteiger partial charge in [-0.2, -0.15) is 0 Å². The zero-order chi connectivity index (χ0) is 13.2. The van der Waals surface area contributed by atoms with Crippen LogP contribution >= 0.6 is 0 Å². The second-order valence-electron chi connectivity index (χ2n) is 5.05. The maximum Gasteiger partial charge on any atom is 0.123 e. The number of hydrogen-bond donors (Lipinski definition) is 1. The number of unbranched alkanes of at least 4 members (excludes halogenated alkanes) is 1. The number of nitrogens with one attached hydrogen (secondary N) is 1.